The summed E-state index contributed by atoms with van der Waals surface area (Å²) < 4.78 is 0. The first-order valence-corrected chi connectivity index (χ1v) is 7.53. The van der Waals surface area contributed by atoms with Crippen molar-refractivity contribution in [3.8, 4) is 0 Å². The molecule has 0 aromatic heterocycles. The summed E-state index contributed by atoms with van der Waals surface area (Å²) >= 11 is 0. The Morgan fingerprint density at radius 2 is 1.29 bits per heavy atom. The van der Waals surface area contributed by atoms with Crippen molar-refractivity contribution >= 4 is 23.8 Å². The number of aliphatic imine (C=N–C) groups is 1. The van der Waals surface area contributed by atoms with Gasteiger partial charge in [-0.15, -0.1) is 0 Å². The molecule has 0 saturated carbocycles. The molecule has 0 bridgehead atoms. The first-order chi connectivity index (χ1) is 11.0. The Morgan fingerprint density at radius 3 is 1.71 bits per heavy atom. The smallest absolute Gasteiger partial charge is 0.200 e. The Balaban J connectivity index is 4.62. The quantitative estimate of drug-likeness (QED) is 0.399. The highest BCUT2D eigenvalue weighted by atomic mass is 15.4. The molecule has 0 aliphatic carbocycles. The third-order valence-electron chi connectivity index (χ3n) is 3.44. The van der Waals surface area contributed by atoms with E-state index in [2.05, 4.69) is 10.3 Å². The zero-order chi connectivity index (χ0) is 19.0. The number of likely N-dealkylation sites (N-methyl/N-ethyl adjacent to an activating group) is 2. The minimum Gasteiger partial charge on any atom is -0.349 e. The van der Waals surface area contributed by atoms with Gasteiger partial charge in [0.05, 0.1) is 0 Å². The molecular formula is C14H32N10. The van der Waals surface area contributed by atoms with E-state index < -0.39 is 0 Å². The predicted molar refractivity (Wildman–Crippen MR) is 100 cm³/mol. The Morgan fingerprint density at radius 1 is 0.792 bits per heavy atom. The normalized spacial score (nSPS) is 10.8. The summed E-state index contributed by atoms with van der Waals surface area (Å²) in [5, 5.41) is 26.9. The van der Waals surface area contributed by atoms with Gasteiger partial charge in [0.2, 0.25) is 0 Å². The van der Waals surface area contributed by atoms with E-state index in [9.17, 15) is 0 Å². The zero-order valence-electron chi connectivity index (χ0n) is 16.1. The topological polar surface area (TPSA) is 112 Å². The standard InChI is InChI=1S/C14H32N10/c1-18-14(19-11(15)20(2)3)23(7)10-9-22(6)13(17)24(8)12(16)21(4)5/h16-17H,9-10H2,1-8H3,(H2,15,18,19). The Kier molecular flexibility index (Phi) is 8.58. The van der Waals surface area contributed by atoms with Crippen LogP contribution in [-0.2, 0) is 0 Å². The van der Waals surface area contributed by atoms with Gasteiger partial charge in [0.25, 0.3) is 0 Å². The number of hydrogen-bond donors (Lipinski definition) is 4. The van der Waals surface area contributed by atoms with Crippen molar-refractivity contribution in [2.75, 3.05) is 69.5 Å². The van der Waals surface area contributed by atoms with Crippen LogP contribution in [0.1, 0.15) is 0 Å². The van der Waals surface area contributed by atoms with Gasteiger partial charge in [0, 0.05) is 69.5 Å². The average molecular weight is 340 g/mol. The van der Waals surface area contributed by atoms with E-state index >= 15 is 0 Å². The maximum atomic E-state index is 8.17. The molecule has 0 aromatic carbocycles. The van der Waals surface area contributed by atoms with Crippen LogP contribution in [0, 0.1) is 16.2 Å². The lowest BCUT2D eigenvalue weighted by atomic mass is 10.5. The van der Waals surface area contributed by atoms with Crippen molar-refractivity contribution in [2.24, 2.45) is 4.99 Å². The van der Waals surface area contributed by atoms with Gasteiger partial charge in [-0.1, -0.05) is 0 Å². The van der Waals surface area contributed by atoms with Crippen molar-refractivity contribution in [1.82, 2.24) is 29.8 Å². The van der Waals surface area contributed by atoms with Crippen LogP contribution in [0.4, 0.5) is 0 Å². The van der Waals surface area contributed by atoms with E-state index in [0.717, 1.165) is 0 Å². The van der Waals surface area contributed by atoms with Crippen molar-refractivity contribution in [3.05, 3.63) is 0 Å². The van der Waals surface area contributed by atoms with Crippen molar-refractivity contribution in [3.63, 3.8) is 0 Å². The van der Waals surface area contributed by atoms with Crippen LogP contribution in [0.15, 0.2) is 4.99 Å². The summed E-state index contributed by atoms with van der Waals surface area (Å²) in [6.07, 6.45) is 0. The molecule has 24 heavy (non-hydrogen) atoms. The molecule has 0 aliphatic rings. The van der Waals surface area contributed by atoms with Crippen LogP contribution in [0.5, 0.6) is 0 Å². The van der Waals surface area contributed by atoms with Gasteiger partial charge >= 0.3 is 0 Å². The van der Waals surface area contributed by atoms with E-state index in [4.69, 9.17) is 16.2 Å². The molecule has 4 N–H and O–H groups in total. The van der Waals surface area contributed by atoms with Crippen molar-refractivity contribution < 1.29 is 0 Å². The minimum atomic E-state index is 0.242. The zero-order valence-corrected chi connectivity index (χ0v) is 16.1. The Hall–Kier alpha value is -2.52. The fourth-order valence-electron chi connectivity index (χ4n) is 1.71. The van der Waals surface area contributed by atoms with Crippen molar-refractivity contribution in [1.29, 1.82) is 16.2 Å². The molecule has 0 heterocycles. The highest BCUT2D eigenvalue weighted by Gasteiger charge is 2.17. The fraction of sp³-hybridized carbons (Fsp3) is 0.714. The van der Waals surface area contributed by atoms with Crippen LogP contribution in [0.25, 0.3) is 0 Å². The van der Waals surface area contributed by atoms with E-state index in [-0.39, 0.29) is 17.9 Å². The molecule has 0 amide bonds. The van der Waals surface area contributed by atoms with Crippen LogP contribution in [0.3, 0.4) is 0 Å². The largest absolute Gasteiger partial charge is 0.349 e. The van der Waals surface area contributed by atoms with Gasteiger partial charge in [0.15, 0.2) is 23.8 Å². The molecule has 10 heteroatoms. The second-order valence-electron chi connectivity index (χ2n) is 5.86. The Bertz CT molecular complexity index is 482. The van der Waals surface area contributed by atoms with Crippen LogP contribution in [0.2, 0.25) is 0 Å². The summed E-state index contributed by atoms with van der Waals surface area (Å²) in [5.74, 6) is 1.33. The summed E-state index contributed by atoms with van der Waals surface area (Å²) in [7, 11) is 14.2. The molecule has 0 saturated heterocycles. The first kappa shape index (κ1) is 21.5. The lowest BCUT2D eigenvalue weighted by Gasteiger charge is -2.32. The molecule has 0 aromatic rings. The van der Waals surface area contributed by atoms with Gasteiger partial charge in [-0.25, -0.2) is 0 Å². The van der Waals surface area contributed by atoms with Gasteiger partial charge in [-0.3, -0.25) is 31.4 Å². The van der Waals surface area contributed by atoms with Gasteiger partial charge < -0.3 is 19.6 Å². The second kappa shape index (κ2) is 9.58. The lowest BCUT2D eigenvalue weighted by Crippen LogP contribution is -2.51. The third-order valence-corrected chi connectivity index (χ3v) is 3.44. The summed E-state index contributed by atoms with van der Waals surface area (Å²) in [4.78, 5) is 12.6. The van der Waals surface area contributed by atoms with Gasteiger partial charge in [-0.05, 0) is 0 Å². The average Bonchev–Trinajstić information content (AvgIpc) is 2.54. The van der Waals surface area contributed by atoms with E-state index in [1.54, 1.807) is 57.0 Å². The molecule has 0 unspecified atom stereocenters. The van der Waals surface area contributed by atoms with Gasteiger partial charge in [0.1, 0.15) is 0 Å². The molecule has 0 fully saturated rings. The number of rotatable bonds is 3. The maximum Gasteiger partial charge on any atom is 0.200 e. The minimum absolute atomic E-state index is 0.242. The second-order valence-corrected chi connectivity index (χ2v) is 5.86. The van der Waals surface area contributed by atoms with Gasteiger partial charge in [-0.2, -0.15) is 0 Å². The fourth-order valence-corrected chi connectivity index (χ4v) is 1.71. The lowest BCUT2D eigenvalue weighted by molar-refractivity contribution is 0.374. The van der Waals surface area contributed by atoms with Crippen molar-refractivity contribution in [2.45, 2.75) is 0 Å². The Labute approximate surface area is 145 Å². The SMILES string of the molecule is C/N=C(/NC(=N)N(C)C)N(C)CCN(C)C(=N)N(C)C(=N)N(C)C. The van der Waals surface area contributed by atoms with Crippen LogP contribution >= 0.6 is 0 Å². The number of nitrogens with one attached hydrogen (secondary N) is 4. The molecule has 10 nitrogen and oxygen atoms in total. The van der Waals surface area contributed by atoms with E-state index in [1.807, 2.05) is 19.0 Å². The maximum absolute atomic E-state index is 8.17. The molecular weight excluding hydrogens is 308 g/mol. The highest BCUT2D eigenvalue weighted by Crippen LogP contribution is 1.97. The summed E-state index contributed by atoms with van der Waals surface area (Å²) in [6.45, 7) is 1.19. The number of nitrogens with zero attached hydrogens (tertiary/aromatic N) is 6. The molecule has 0 aliphatic heterocycles. The van der Waals surface area contributed by atoms with E-state index in [0.29, 0.717) is 19.0 Å². The molecule has 0 atom stereocenters. The molecule has 138 valence electrons. The number of hydrogen-bond acceptors (Lipinski definition) is 4. The van der Waals surface area contributed by atoms with Crippen LogP contribution < -0.4 is 5.32 Å². The molecule has 0 rings (SSSR count). The van der Waals surface area contributed by atoms with Crippen LogP contribution in [-0.4, -0.2) is 118 Å². The first-order valence-electron chi connectivity index (χ1n) is 7.53. The highest BCUT2D eigenvalue weighted by molar-refractivity contribution is 5.97. The monoisotopic (exact) mass is 340 g/mol. The molecule has 0 spiro atoms. The predicted octanol–water partition coefficient (Wildman–Crippen LogP) is -0.715. The molecule has 0 radical (unpaired) electrons. The number of guanidine groups is 4. The third kappa shape index (κ3) is 6.31. The summed E-state index contributed by atoms with van der Waals surface area (Å²) in [5.41, 5.74) is 0. The summed E-state index contributed by atoms with van der Waals surface area (Å²) in [6, 6.07) is 0. The van der Waals surface area contributed by atoms with E-state index in [1.165, 1.54) is 4.90 Å².